The molecule has 1 amide bonds. The lowest BCUT2D eigenvalue weighted by Gasteiger charge is -2.36. The highest BCUT2D eigenvalue weighted by Crippen LogP contribution is 2.44. The number of amides is 1. The molecule has 1 heterocycles. The van der Waals surface area contributed by atoms with Gasteiger partial charge >= 0.3 is 13.2 Å². The summed E-state index contributed by atoms with van der Waals surface area (Å²) in [6.07, 6.45) is -0.333. The van der Waals surface area contributed by atoms with E-state index < -0.39 is 7.12 Å². The molecule has 36 heavy (non-hydrogen) atoms. The van der Waals surface area contributed by atoms with Crippen molar-refractivity contribution in [3.05, 3.63) is 93.9 Å². The van der Waals surface area contributed by atoms with Crippen LogP contribution in [0.5, 0.6) is 0 Å². The molecule has 5 rings (SSSR count). The zero-order chi connectivity index (χ0) is 25.1. The number of hydrogen-bond acceptors (Lipinski definition) is 6. The third-order valence-corrected chi connectivity index (χ3v) is 6.85. The molecule has 0 aromatic heterocycles. The van der Waals surface area contributed by atoms with E-state index in [1.54, 1.807) is 17.0 Å². The molecule has 3 aromatic rings. The van der Waals surface area contributed by atoms with E-state index in [0.29, 0.717) is 37.2 Å². The molecule has 1 aliphatic carbocycles. The predicted molar refractivity (Wildman–Crippen MR) is 138 cm³/mol. The SMILES string of the molecule is [N-]=[N+]=NCc1cc(B(O)O)cc(N2CCN(C(=O)OCC3c4ccccc4-c4ccccc43)CC2)c1. The maximum atomic E-state index is 12.9. The lowest BCUT2D eigenvalue weighted by Crippen LogP contribution is -2.49. The Morgan fingerprint density at radius 3 is 2.25 bits per heavy atom. The number of hydrogen-bond donors (Lipinski definition) is 2. The summed E-state index contributed by atoms with van der Waals surface area (Å²) in [5.74, 6) is 0.0183. The highest BCUT2D eigenvalue weighted by atomic mass is 16.6. The number of fused-ring (bicyclic) bond motifs is 3. The standard InChI is InChI=1S/C26H26BN5O4/c28-30-29-16-18-13-19(27(34)35)15-20(14-18)31-9-11-32(12-10-31)26(33)36-17-25-23-7-3-1-5-21(23)22-6-2-4-8-24(22)25/h1-8,13-15,25,34-35H,9-12,16-17H2. The second-order valence-electron chi connectivity index (χ2n) is 8.97. The second kappa shape index (κ2) is 10.3. The summed E-state index contributed by atoms with van der Waals surface area (Å²) in [6.45, 7) is 2.49. The van der Waals surface area contributed by atoms with E-state index >= 15 is 0 Å². The smallest absolute Gasteiger partial charge is 0.448 e. The number of carbonyl (C=O) groups is 1. The molecule has 0 spiro atoms. The molecule has 0 atom stereocenters. The molecule has 1 saturated heterocycles. The first-order chi connectivity index (χ1) is 17.5. The fourth-order valence-electron chi connectivity index (χ4n) is 5.07. The first-order valence-electron chi connectivity index (χ1n) is 11.9. The molecule has 2 aliphatic rings. The van der Waals surface area contributed by atoms with E-state index in [4.69, 9.17) is 10.3 Å². The van der Waals surface area contributed by atoms with Crippen LogP contribution >= 0.6 is 0 Å². The highest BCUT2D eigenvalue weighted by molar-refractivity contribution is 6.58. The monoisotopic (exact) mass is 483 g/mol. The molecule has 1 fully saturated rings. The third-order valence-electron chi connectivity index (χ3n) is 6.85. The Morgan fingerprint density at radius 1 is 1.00 bits per heavy atom. The lowest BCUT2D eigenvalue weighted by molar-refractivity contribution is 0.0977. The Kier molecular flexibility index (Phi) is 6.82. The van der Waals surface area contributed by atoms with Gasteiger partial charge in [-0.15, -0.1) is 0 Å². The van der Waals surface area contributed by atoms with Gasteiger partial charge in [0.05, 0.1) is 6.54 Å². The molecule has 182 valence electrons. The molecule has 0 unspecified atom stereocenters. The van der Waals surface area contributed by atoms with Crippen molar-refractivity contribution in [1.82, 2.24) is 4.90 Å². The van der Waals surface area contributed by atoms with Crippen LogP contribution in [0.15, 0.2) is 71.8 Å². The van der Waals surface area contributed by atoms with E-state index in [2.05, 4.69) is 39.2 Å². The number of ether oxygens (including phenoxy) is 1. The van der Waals surface area contributed by atoms with Gasteiger partial charge in [0.15, 0.2) is 0 Å². The van der Waals surface area contributed by atoms with Crippen LogP contribution in [0.1, 0.15) is 22.6 Å². The Labute approximate surface area is 209 Å². The molecule has 0 bridgehead atoms. The number of carbonyl (C=O) groups excluding carboxylic acids is 1. The zero-order valence-electron chi connectivity index (χ0n) is 19.7. The Balaban J connectivity index is 1.22. The summed E-state index contributed by atoms with van der Waals surface area (Å²) in [5.41, 5.74) is 15.2. The van der Waals surface area contributed by atoms with Crippen LogP contribution in [0.3, 0.4) is 0 Å². The molecule has 9 nitrogen and oxygen atoms in total. The van der Waals surface area contributed by atoms with Gasteiger partial charge in [-0.2, -0.15) is 0 Å². The fourth-order valence-corrected chi connectivity index (χ4v) is 5.07. The zero-order valence-corrected chi connectivity index (χ0v) is 19.7. The van der Waals surface area contributed by atoms with Crippen molar-refractivity contribution in [2.24, 2.45) is 5.11 Å². The second-order valence-corrected chi connectivity index (χ2v) is 8.97. The van der Waals surface area contributed by atoms with E-state index in [0.717, 1.165) is 5.69 Å². The van der Waals surface area contributed by atoms with Gasteiger partial charge in [-0.25, -0.2) is 4.79 Å². The van der Waals surface area contributed by atoms with Gasteiger partial charge in [0.2, 0.25) is 0 Å². The van der Waals surface area contributed by atoms with E-state index in [1.807, 2.05) is 30.3 Å². The Hall–Kier alpha value is -3.98. The van der Waals surface area contributed by atoms with Crippen LogP contribution in [0.4, 0.5) is 10.5 Å². The minimum Gasteiger partial charge on any atom is -0.448 e. The summed E-state index contributed by atoms with van der Waals surface area (Å²) in [7, 11) is -1.63. The molecule has 3 aromatic carbocycles. The number of nitrogens with zero attached hydrogens (tertiary/aromatic N) is 5. The van der Waals surface area contributed by atoms with Gasteiger partial charge in [-0.3, -0.25) is 0 Å². The summed E-state index contributed by atoms with van der Waals surface area (Å²) >= 11 is 0. The van der Waals surface area contributed by atoms with Crippen LogP contribution in [0.25, 0.3) is 21.6 Å². The van der Waals surface area contributed by atoms with Crippen molar-refractivity contribution in [1.29, 1.82) is 0 Å². The van der Waals surface area contributed by atoms with Gasteiger partial charge in [-0.1, -0.05) is 59.7 Å². The van der Waals surface area contributed by atoms with Gasteiger partial charge in [0.1, 0.15) is 6.61 Å². The van der Waals surface area contributed by atoms with Crippen LogP contribution in [-0.4, -0.2) is 60.9 Å². The number of benzene rings is 3. The van der Waals surface area contributed by atoms with E-state index in [-0.39, 0.29) is 25.2 Å². The number of azide groups is 1. The molecular formula is C26H26BN5O4. The van der Waals surface area contributed by atoms with Crippen LogP contribution in [0.2, 0.25) is 0 Å². The molecule has 0 saturated carbocycles. The van der Waals surface area contributed by atoms with Crippen LogP contribution in [0, 0.1) is 0 Å². The maximum absolute atomic E-state index is 12.9. The normalized spacial score (nSPS) is 14.6. The van der Waals surface area contributed by atoms with Crippen LogP contribution < -0.4 is 10.4 Å². The largest absolute Gasteiger partial charge is 0.488 e. The van der Waals surface area contributed by atoms with Gasteiger partial charge < -0.3 is 24.6 Å². The Bertz CT molecular complexity index is 1270. The van der Waals surface area contributed by atoms with Gasteiger partial charge in [0, 0.05) is 42.7 Å². The summed E-state index contributed by atoms with van der Waals surface area (Å²) in [4.78, 5) is 19.5. The average molecular weight is 483 g/mol. The highest BCUT2D eigenvalue weighted by Gasteiger charge is 2.30. The van der Waals surface area contributed by atoms with Crippen LogP contribution in [-0.2, 0) is 11.3 Å². The number of anilines is 1. The molecule has 10 heteroatoms. The maximum Gasteiger partial charge on any atom is 0.488 e. The van der Waals surface area contributed by atoms with Crippen molar-refractivity contribution in [3.8, 4) is 11.1 Å². The summed E-state index contributed by atoms with van der Waals surface area (Å²) in [6, 6.07) is 21.7. The minimum atomic E-state index is -1.63. The number of piperazine rings is 1. The molecule has 0 radical (unpaired) electrons. The van der Waals surface area contributed by atoms with Crippen molar-refractivity contribution in [2.45, 2.75) is 12.5 Å². The quantitative estimate of drug-likeness (QED) is 0.241. The minimum absolute atomic E-state index is 0.0183. The van der Waals surface area contributed by atoms with Crippen molar-refractivity contribution in [2.75, 3.05) is 37.7 Å². The van der Waals surface area contributed by atoms with Crippen molar-refractivity contribution < 1.29 is 19.6 Å². The summed E-state index contributed by atoms with van der Waals surface area (Å²) in [5, 5.41) is 22.9. The Morgan fingerprint density at radius 2 is 1.64 bits per heavy atom. The fraction of sp³-hybridized carbons (Fsp3) is 0.269. The van der Waals surface area contributed by atoms with E-state index in [9.17, 15) is 14.8 Å². The first kappa shape index (κ1) is 23.8. The van der Waals surface area contributed by atoms with Crippen molar-refractivity contribution >= 4 is 24.4 Å². The summed E-state index contributed by atoms with van der Waals surface area (Å²) < 4.78 is 5.79. The number of rotatable bonds is 6. The molecular weight excluding hydrogens is 457 g/mol. The molecule has 2 N–H and O–H groups in total. The molecule has 1 aliphatic heterocycles. The van der Waals surface area contributed by atoms with Gasteiger partial charge in [0.25, 0.3) is 0 Å². The van der Waals surface area contributed by atoms with Gasteiger partial charge in [-0.05, 0) is 50.9 Å². The van der Waals surface area contributed by atoms with Crippen molar-refractivity contribution in [3.63, 3.8) is 0 Å². The third kappa shape index (κ3) is 4.74. The predicted octanol–water partition coefficient (Wildman–Crippen LogP) is 3.25. The van der Waals surface area contributed by atoms with E-state index in [1.165, 1.54) is 22.3 Å². The lowest BCUT2D eigenvalue weighted by atomic mass is 9.79. The average Bonchev–Trinajstić information content (AvgIpc) is 3.24. The topological polar surface area (TPSA) is 122 Å². The first-order valence-corrected chi connectivity index (χ1v) is 11.9.